The Morgan fingerprint density at radius 3 is 1.90 bits per heavy atom. The van der Waals surface area contributed by atoms with Gasteiger partial charge in [0.2, 0.25) is 0 Å². The van der Waals surface area contributed by atoms with Crippen LogP contribution in [0.3, 0.4) is 0 Å². The predicted octanol–water partition coefficient (Wildman–Crippen LogP) is 0.927. The maximum absolute atomic E-state index is 11.3. The summed E-state index contributed by atoms with van der Waals surface area (Å²) in [4.78, 5) is 0. The maximum Gasteiger partial charge on any atom is 0.518 e. The molecule has 0 aliphatic rings. The van der Waals surface area contributed by atoms with Gasteiger partial charge in [0.1, 0.15) is 0 Å². The topological polar surface area (TPSA) is 46.5 Å². The largest absolute Gasteiger partial charge is 0.518 e. The number of hydrogen-bond acceptors (Lipinski definition) is 2. The molecule has 0 aromatic rings. The minimum Gasteiger partial charge on any atom is -0.195 e. The molecule has 0 radical (unpaired) electrons. The van der Waals surface area contributed by atoms with Gasteiger partial charge in [0, 0.05) is 6.21 Å². The molecule has 0 saturated carbocycles. The molecule has 0 amide bonds. The Labute approximate surface area is 55.6 Å². The summed E-state index contributed by atoms with van der Waals surface area (Å²) in [6, 6.07) is 0. The maximum atomic E-state index is 11.3. The summed E-state index contributed by atoms with van der Waals surface area (Å²) >= 11 is 0. The number of sulfonamides is 1. The fourth-order valence-electron chi connectivity index (χ4n) is 0.199. The van der Waals surface area contributed by atoms with Crippen LogP contribution in [0.15, 0.2) is 4.40 Å². The van der Waals surface area contributed by atoms with Gasteiger partial charge in [-0.05, 0) is 6.92 Å². The van der Waals surface area contributed by atoms with Crippen molar-refractivity contribution in [3.8, 4) is 0 Å². The minimum atomic E-state index is -5.28. The molecule has 0 spiro atoms. The third kappa shape index (κ3) is 1.98. The lowest BCUT2D eigenvalue weighted by Crippen LogP contribution is -2.20. The highest BCUT2D eigenvalue weighted by Crippen LogP contribution is 2.23. The van der Waals surface area contributed by atoms with Crippen LogP contribution in [0.4, 0.5) is 13.2 Å². The van der Waals surface area contributed by atoms with Gasteiger partial charge in [-0.3, -0.25) is 0 Å². The second kappa shape index (κ2) is 2.57. The van der Waals surface area contributed by atoms with E-state index in [9.17, 15) is 21.6 Å². The molecule has 0 N–H and O–H groups in total. The van der Waals surface area contributed by atoms with Crippen LogP contribution in [0.2, 0.25) is 0 Å². The van der Waals surface area contributed by atoms with Crippen LogP contribution < -0.4 is 0 Å². The second-order valence-corrected chi connectivity index (χ2v) is 2.91. The Hall–Kier alpha value is -0.590. The number of hydrogen-bond donors (Lipinski definition) is 0. The van der Waals surface area contributed by atoms with Gasteiger partial charge in [-0.15, -0.1) is 0 Å². The van der Waals surface area contributed by atoms with Crippen LogP contribution >= 0.6 is 0 Å². The van der Waals surface area contributed by atoms with E-state index in [1.165, 1.54) is 0 Å². The molecule has 0 fully saturated rings. The molecule has 60 valence electrons. The summed E-state index contributed by atoms with van der Waals surface area (Å²) in [5.74, 6) is 0. The molecule has 0 bridgehead atoms. The SMILES string of the molecule is C/C=N/S(=O)(=O)C(F)(F)F. The van der Waals surface area contributed by atoms with Crippen LogP contribution in [0.5, 0.6) is 0 Å². The monoisotopic (exact) mass is 175 g/mol. The van der Waals surface area contributed by atoms with Crippen molar-refractivity contribution >= 4 is 16.2 Å². The molecule has 0 atom stereocenters. The van der Waals surface area contributed by atoms with Crippen LogP contribution in [0, 0.1) is 0 Å². The standard InChI is InChI=1S/C3H4F3NO2S/c1-2-7-10(8,9)3(4,5)6/h2H,1H3/b7-2+. The number of halogens is 3. The molecule has 0 rings (SSSR count). The highest BCUT2D eigenvalue weighted by Gasteiger charge is 2.45. The smallest absolute Gasteiger partial charge is 0.195 e. The fraction of sp³-hybridized carbons (Fsp3) is 0.667. The Kier molecular flexibility index (Phi) is 2.42. The van der Waals surface area contributed by atoms with Crippen LogP contribution in [-0.2, 0) is 10.0 Å². The number of rotatable bonds is 1. The average Bonchev–Trinajstić information content (AvgIpc) is 1.61. The molecule has 0 aliphatic carbocycles. The summed E-state index contributed by atoms with van der Waals surface area (Å²) in [5.41, 5.74) is -5.28. The van der Waals surface area contributed by atoms with Crippen molar-refractivity contribution in [2.24, 2.45) is 4.40 Å². The molecule has 0 heterocycles. The third-order valence-corrected chi connectivity index (χ3v) is 1.61. The first-order chi connectivity index (χ1) is 4.31. The summed E-state index contributed by atoms with van der Waals surface area (Å²) in [6.07, 6.45) is 0.572. The Morgan fingerprint density at radius 2 is 1.80 bits per heavy atom. The van der Waals surface area contributed by atoms with E-state index < -0.39 is 15.5 Å². The van der Waals surface area contributed by atoms with Crippen LogP contribution in [0.1, 0.15) is 6.92 Å². The first-order valence-electron chi connectivity index (χ1n) is 2.12. The Morgan fingerprint density at radius 1 is 1.40 bits per heavy atom. The molecule has 10 heavy (non-hydrogen) atoms. The molecule has 0 aliphatic heterocycles. The molecule has 0 unspecified atom stereocenters. The molecule has 3 nitrogen and oxygen atoms in total. The zero-order valence-electron chi connectivity index (χ0n) is 4.88. The van der Waals surface area contributed by atoms with Crippen molar-refractivity contribution in [3.05, 3.63) is 0 Å². The van der Waals surface area contributed by atoms with Crippen molar-refractivity contribution in [1.29, 1.82) is 0 Å². The molecule has 0 aromatic carbocycles. The summed E-state index contributed by atoms with van der Waals surface area (Å²) < 4.78 is 56.1. The van der Waals surface area contributed by atoms with E-state index >= 15 is 0 Å². The van der Waals surface area contributed by atoms with E-state index in [1.807, 2.05) is 0 Å². The predicted molar refractivity (Wildman–Crippen MR) is 29.1 cm³/mol. The highest BCUT2D eigenvalue weighted by molar-refractivity contribution is 7.91. The van der Waals surface area contributed by atoms with E-state index in [0.29, 0.717) is 6.21 Å². The average molecular weight is 175 g/mol. The van der Waals surface area contributed by atoms with Gasteiger partial charge in [0.25, 0.3) is 0 Å². The van der Waals surface area contributed by atoms with Crippen molar-refractivity contribution in [3.63, 3.8) is 0 Å². The second-order valence-electron chi connectivity index (χ2n) is 1.28. The number of alkyl halides is 3. The number of nitrogens with zero attached hydrogens (tertiary/aromatic N) is 1. The zero-order chi connectivity index (χ0) is 8.41. The summed E-state index contributed by atoms with van der Waals surface area (Å²) in [5, 5.41) is 0. The molecule has 0 saturated heterocycles. The lowest BCUT2D eigenvalue weighted by molar-refractivity contribution is -0.0435. The van der Waals surface area contributed by atoms with Crippen molar-refractivity contribution in [1.82, 2.24) is 0 Å². The molecular weight excluding hydrogens is 171 g/mol. The van der Waals surface area contributed by atoms with E-state index in [2.05, 4.69) is 4.40 Å². The quantitative estimate of drug-likeness (QED) is 0.556. The molecule has 0 aromatic heterocycles. The highest BCUT2D eigenvalue weighted by atomic mass is 32.2. The van der Waals surface area contributed by atoms with Gasteiger partial charge in [0.15, 0.2) is 0 Å². The van der Waals surface area contributed by atoms with Crippen molar-refractivity contribution in [2.75, 3.05) is 0 Å². The van der Waals surface area contributed by atoms with Gasteiger partial charge >= 0.3 is 15.5 Å². The summed E-state index contributed by atoms with van der Waals surface area (Å²) in [6.45, 7) is 1.09. The Balaban J connectivity index is 4.78. The minimum absolute atomic E-state index is 0.572. The van der Waals surface area contributed by atoms with Gasteiger partial charge in [-0.2, -0.15) is 26.0 Å². The van der Waals surface area contributed by atoms with Gasteiger partial charge < -0.3 is 0 Å². The van der Waals surface area contributed by atoms with Gasteiger partial charge in [-0.1, -0.05) is 0 Å². The van der Waals surface area contributed by atoms with E-state index in [0.717, 1.165) is 6.92 Å². The van der Waals surface area contributed by atoms with E-state index in [-0.39, 0.29) is 0 Å². The van der Waals surface area contributed by atoms with E-state index in [1.54, 1.807) is 0 Å². The lowest BCUT2D eigenvalue weighted by Gasteiger charge is -2.00. The van der Waals surface area contributed by atoms with Crippen LogP contribution in [0.25, 0.3) is 0 Å². The first-order valence-corrected chi connectivity index (χ1v) is 3.56. The fourth-order valence-corrected chi connectivity index (χ4v) is 0.596. The third-order valence-electron chi connectivity index (χ3n) is 0.537. The first kappa shape index (κ1) is 9.41. The Bertz CT molecular complexity index is 227. The van der Waals surface area contributed by atoms with Crippen molar-refractivity contribution in [2.45, 2.75) is 12.4 Å². The van der Waals surface area contributed by atoms with E-state index in [4.69, 9.17) is 0 Å². The van der Waals surface area contributed by atoms with Gasteiger partial charge in [-0.25, -0.2) is 0 Å². The molecule has 7 heteroatoms. The normalized spacial score (nSPS) is 14.4. The van der Waals surface area contributed by atoms with Gasteiger partial charge in [0.05, 0.1) is 0 Å². The summed E-state index contributed by atoms with van der Waals surface area (Å²) in [7, 11) is -5.28. The molecular formula is C3H4F3NO2S. The van der Waals surface area contributed by atoms with Crippen molar-refractivity contribution < 1.29 is 21.6 Å². The van der Waals surface area contributed by atoms with Crippen LogP contribution in [-0.4, -0.2) is 20.1 Å². The lowest BCUT2D eigenvalue weighted by atomic mass is 10.9. The zero-order valence-corrected chi connectivity index (χ0v) is 5.70.